The van der Waals surface area contributed by atoms with Gasteiger partial charge in [0.25, 0.3) is 5.91 Å². The summed E-state index contributed by atoms with van der Waals surface area (Å²) >= 11 is 0. The predicted molar refractivity (Wildman–Crippen MR) is 149 cm³/mol. The minimum Gasteiger partial charge on any atom is -0.497 e. The molecule has 8 nitrogen and oxygen atoms in total. The molecule has 0 aromatic heterocycles. The molecule has 0 saturated carbocycles. The molecule has 0 aliphatic carbocycles. The van der Waals surface area contributed by atoms with E-state index in [1.165, 1.54) is 11.0 Å². The lowest BCUT2D eigenvalue weighted by atomic mass is 9.98. The van der Waals surface area contributed by atoms with Crippen LogP contribution in [-0.4, -0.2) is 48.1 Å². The Morgan fingerprint density at radius 3 is 2.16 bits per heavy atom. The molecular formula is C30H37N3O5. The highest BCUT2D eigenvalue weighted by Gasteiger charge is 2.37. The summed E-state index contributed by atoms with van der Waals surface area (Å²) < 4.78 is 10.6. The van der Waals surface area contributed by atoms with Crippen LogP contribution in [0.15, 0.2) is 61.2 Å². The van der Waals surface area contributed by atoms with Gasteiger partial charge < -0.3 is 25.0 Å². The van der Waals surface area contributed by atoms with E-state index < -0.39 is 35.6 Å². The number of amides is 3. The maximum atomic E-state index is 13.9. The number of benzene rings is 2. The van der Waals surface area contributed by atoms with Crippen LogP contribution in [0.3, 0.4) is 0 Å². The molecular weight excluding hydrogens is 482 g/mol. The van der Waals surface area contributed by atoms with Crippen LogP contribution < -0.4 is 15.4 Å². The second-order valence-corrected chi connectivity index (χ2v) is 10.0. The molecule has 2 aromatic carbocycles. The first-order valence-electron chi connectivity index (χ1n) is 12.3. The Morgan fingerprint density at radius 1 is 1.08 bits per heavy atom. The van der Waals surface area contributed by atoms with E-state index in [0.29, 0.717) is 22.6 Å². The molecule has 38 heavy (non-hydrogen) atoms. The summed E-state index contributed by atoms with van der Waals surface area (Å²) in [6.07, 6.45) is 6.32. The normalized spacial score (nSPS) is 12.5. The van der Waals surface area contributed by atoms with Gasteiger partial charge in [-0.1, -0.05) is 38.0 Å². The van der Waals surface area contributed by atoms with Crippen molar-refractivity contribution in [1.82, 2.24) is 10.2 Å². The van der Waals surface area contributed by atoms with Crippen LogP contribution in [0.2, 0.25) is 0 Å². The number of carbonyl (C=O) groups excluding carboxylic acids is 3. The fraction of sp³-hybridized carbons (Fsp3) is 0.367. The van der Waals surface area contributed by atoms with E-state index >= 15 is 0 Å². The second-order valence-electron chi connectivity index (χ2n) is 10.0. The minimum atomic E-state index is -1.05. The standard InChI is InChI=1S/C30H37N3O5/c1-9-19-33(28(35)25(20(3)4)32-29(36)38-30(5,6)7)26(22-13-11-21(10-2)12-14-22)27(34)31-23-15-17-24(37-8)18-16-23/h2,9,11-18,20,25-26H,1,19H2,3-8H3,(H,31,34)(H,32,36). The van der Waals surface area contributed by atoms with E-state index in [2.05, 4.69) is 23.1 Å². The van der Waals surface area contributed by atoms with Crippen LogP contribution in [0.1, 0.15) is 51.8 Å². The highest BCUT2D eigenvalue weighted by atomic mass is 16.6. The molecule has 3 amide bonds. The number of rotatable bonds is 10. The molecule has 0 aliphatic rings. The lowest BCUT2D eigenvalue weighted by molar-refractivity contribution is -0.141. The summed E-state index contributed by atoms with van der Waals surface area (Å²) in [6, 6.07) is 11.7. The summed E-state index contributed by atoms with van der Waals surface area (Å²) in [4.78, 5) is 41.6. The van der Waals surface area contributed by atoms with E-state index in [1.807, 2.05) is 0 Å². The zero-order valence-corrected chi connectivity index (χ0v) is 22.9. The van der Waals surface area contributed by atoms with Gasteiger partial charge in [-0.05, 0) is 68.7 Å². The molecule has 0 spiro atoms. The van der Waals surface area contributed by atoms with Gasteiger partial charge in [-0.15, -0.1) is 13.0 Å². The third-order valence-electron chi connectivity index (χ3n) is 5.52. The van der Waals surface area contributed by atoms with Gasteiger partial charge in [0, 0.05) is 17.8 Å². The van der Waals surface area contributed by atoms with Crippen molar-refractivity contribution in [1.29, 1.82) is 0 Å². The SMILES string of the molecule is C#Cc1ccc(C(C(=O)Nc2ccc(OC)cc2)N(CC=C)C(=O)C(NC(=O)OC(C)(C)C)C(C)C)cc1. The molecule has 2 N–H and O–H groups in total. The Kier molecular flexibility index (Phi) is 10.5. The third kappa shape index (κ3) is 8.41. The molecule has 2 rings (SSSR count). The summed E-state index contributed by atoms with van der Waals surface area (Å²) in [5, 5.41) is 5.56. The summed E-state index contributed by atoms with van der Waals surface area (Å²) in [6.45, 7) is 12.7. The molecule has 0 heterocycles. The van der Waals surface area contributed by atoms with Crippen molar-refractivity contribution < 1.29 is 23.9 Å². The van der Waals surface area contributed by atoms with Gasteiger partial charge in [0.2, 0.25) is 5.91 Å². The minimum absolute atomic E-state index is 0.0512. The van der Waals surface area contributed by atoms with Crippen LogP contribution in [-0.2, 0) is 14.3 Å². The van der Waals surface area contributed by atoms with E-state index in [9.17, 15) is 14.4 Å². The number of methoxy groups -OCH3 is 1. The average molecular weight is 520 g/mol. The molecule has 2 aromatic rings. The fourth-order valence-electron chi connectivity index (χ4n) is 3.71. The fourth-order valence-corrected chi connectivity index (χ4v) is 3.71. The molecule has 0 bridgehead atoms. The highest BCUT2D eigenvalue weighted by Crippen LogP contribution is 2.26. The van der Waals surface area contributed by atoms with Gasteiger partial charge in [-0.25, -0.2) is 4.79 Å². The maximum absolute atomic E-state index is 13.9. The summed E-state index contributed by atoms with van der Waals surface area (Å²) in [5.74, 6) is 2.00. The number of hydrogen-bond acceptors (Lipinski definition) is 5. The van der Waals surface area contributed by atoms with Crippen molar-refractivity contribution in [3.63, 3.8) is 0 Å². The number of anilines is 1. The third-order valence-corrected chi connectivity index (χ3v) is 5.52. The monoisotopic (exact) mass is 519 g/mol. The van der Waals surface area contributed by atoms with Crippen molar-refractivity contribution in [2.45, 2.75) is 52.3 Å². The number of terminal acetylenes is 1. The number of alkyl carbamates (subject to hydrolysis) is 1. The molecule has 202 valence electrons. The van der Waals surface area contributed by atoms with Gasteiger partial charge in [0.15, 0.2) is 0 Å². The van der Waals surface area contributed by atoms with Crippen LogP contribution in [0, 0.1) is 18.3 Å². The Labute approximate surface area is 225 Å². The number of nitrogens with zero attached hydrogens (tertiary/aromatic N) is 1. The van der Waals surface area contributed by atoms with Gasteiger partial charge in [-0.2, -0.15) is 0 Å². The summed E-state index contributed by atoms with van der Waals surface area (Å²) in [7, 11) is 1.55. The van der Waals surface area contributed by atoms with E-state index in [4.69, 9.17) is 15.9 Å². The topological polar surface area (TPSA) is 97.0 Å². The number of carbonyl (C=O) groups is 3. The molecule has 8 heteroatoms. The highest BCUT2D eigenvalue weighted by molar-refractivity contribution is 5.99. The Morgan fingerprint density at radius 2 is 1.68 bits per heavy atom. The maximum Gasteiger partial charge on any atom is 0.408 e. The van der Waals surface area contributed by atoms with E-state index in [0.717, 1.165) is 0 Å². The quantitative estimate of drug-likeness (QED) is 0.343. The first-order valence-corrected chi connectivity index (χ1v) is 12.3. The zero-order valence-electron chi connectivity index (χ0n) is 22.9. The van der Waals surface area contributed by atoms with Crippen molar-refractivity contribution in [2.24, 2.45) is 5.92 Å². The number of nitrogens with one attached hydrogen (secondary N) is 2. The molecule has 0 fully saturated rings. The van der Waals surface area contributed by atoms with Crippen LogP contribution in [0.5, 0.6) is 5.75 Å². The second kappa shape index (κ2) is 13.3. The smallest absolute Gasteiger partial charge is 0.408 e. The average Bonchev–Trinajstić information content (AvgIpc) is 2.86. The van der Waals surface area contributed by atoms with Gasteiger partial charge in [0.1, 0.15) is 23.4 Å². The lowest BCUT2D eigenvalue weighted by Crippen LogP contribution is -2.54. The molecule has 2 atom stereocenters. The molecule has 0 saturated heterocycles. The molecule has 0 aliphatic heterocycles. The lowest BCUT2D eigenvalue weighted by Gasteiger charge is -2.35. The first kappa shape index (κ1) is 30.0. The number of ether oxygens (including phenoxy) is 2. The summed E-state index contributed by atoms with van der Waals surface area (Å²) in [5.41, 5.74) is 0.968. The van der Waals surface area contributed by atoms with Crippen LogP contribution in [0.25, 0.3) is 0 Å². The van der Waals surface area contributed by atoms with Crippen molar-refractivity contribution in [2.75, 3.05) is 19.0 Å². The van der Waals surface area contributed by atoms with Crippen molar-refractivity contribution in [3.8, 4) is 18.1 Å². The largest absolute Gasteiger partial charge is 0.497 e. The van der Waals surface area contributed by atoms with Crippen LogP contribution >= 0.6 is 0 Å². The molecule has 0 radical (unpaired) electrons. The van der Waals surface area contributed by atoms with E-state index in [-0.39, 0.29) is 12.5 Å². The van der Waals surface area contributed by atoms with E-state index in [1.54, 1.807) is 90.3 Å². The zero-order chi connectivity index (χ0) is 28.5. The first-order chi connectivity index (χ1) is 17.9. The Bertz CT molecular complexity index is 1160. The van der Waals surface area contributed by atoms with Crippen LogP contribution in [0.4, 0.5) is 10.5 Å². The van der Waals surface area contributed by atoms with Gasteiger partial charge in [0.05, 0.1) is 7.11 Å². The van der Waals surface area contributed by atoms with Crippen molar-refractivity contribution >= 4 is 23.6 Å². The number of hydrogen-bond donors (Lipinski definition) is 2. The van der Waals surface area contributed by atoms with Crippen molar-refractivity contribution in [3.05, 3.63) is 72.3 Å². The Balaban J connectivity index is 2.49. The van der Waals surface area contributed by atoms with Gasteiger partial charge >= 0.3 is 6.09 Å². The Hall–Kier alpha value is -4.25. The van der Waals surface area contributed by atoms with Gasteiger partial charge in [-0.3, -0.25) is 9.59 Å². The molecule has 2 unspecified atom stereocenters. The predicted octanol–water partition coefficient (Wildman–Crippen LogP) is 4.92.